The number of benzene rings is 2. The molecule has 0 fully saturated rings. The second kappa shape index (κ2) is 6.07. The standard InChI is InChI=1S/C20H17N3O3/c1-11-17(12(2)21-18(11)20(24)25)19-22-15-9-8-14(10-16(15)23-19)26-13-6-4-3-5-7-13/h3-10,21H,1-2H3,(H,22,23)(H,24,25). The van der Waals surface area contributed by atoms with E-state index in [9.17, 15) is 9.90 Å². The molecule has 2 aromatic heterocycles. The summed E-state index contributed by atoms with van der Waals surface area (Å²) in [6.45, 7) is 3.62. The largest absolute Gasteiger partial charge is 0.477 e. The number of carboxylic acid groups (broad SMARTS) is 1. The minimum atomic E-state index is -0.980. The van der Waals surface area contributed by atoms with E-state index in [0.717, 1.165) is 28.0 Å². The molecule has 2 aromatic carbocycles. The summed E-state index contributed by atoms with van der Waals surface area (Å²) < 4.78 is 5.85. The lowest BCUT2D eigenvalue weighted by Gasteiger charge is -2.04. The molecule has 2 heterocycles. The summed E-state index contributed by atoms with van der Waals surface area (Å²) in [6.07, 6.45) is 0. The van der Waals surface area contributed by atoms with Gasteiger partial charge in [0.05, 0.1) is 11.0 Å². The van der Waals surface area contributed by atoms with E-state index in [4.69, 9.17) is 4.74 Å². The van der Waals surface area contributed by atoms with Gasteiger partial charge in [-0.1, -0.05) is 18.2 Å². The van der Waals surface area contributed by atoms with Crippen LogP contribution in [0.4, 0.5) is 0 Å². The summed E-state index contributed by atoms with van der Waals surface area (Å²) in [5.74, 6) is 1.10. The summed E-state index contributed by atoms with van der Waals surface area (Å²) >= 11 is 0. The van der Waals surface area contributed by atoms with E-state index >= 15 is 0 Å². The van der Waals surface area contributed by atoms with Crippen LogP contribution in [0.2, 0.25) is 0 Å². The first-order valence-electron chi connectivity index (χ1n) is 8.18. The van der Waals surface area contributed by atoms with Crippen LogP contribution in [0.5, 0.6) is 11.5 Å². The normalized spacial score (nSPS) is 11.0. The van der Waals surface area contributed by atoms with Crippen molar-refractivity contribution in [3.05, 3.63) is 65.5 Å². The summed E-state index contributed by atoms with van der Waals surface area (Å²) in [6, 6.07) is 15.2. The number of nitrogens with one attached hydrogen (secondary N) is 2. The zero-order valence-electron chi connectivity index (χ0n) is 14.3. The highest BCUT2D eigenvalue weighted by atomic mass is 16.5. The third-order valence-electron chi connectivity index (χ3n) is 4.32. The van der Waals surface area contributed by atoms with Crippen molar-refractivity contribution in [1.82, 2.24) is 15.0 Å². The van der Waals surface area contributed by atoms with Crippen molar-refractivity contribution in [3.63, 3.8) is 0 Å². The van der Waals surface area contributed by atoms with Crippen LogP contribution in [-0.2, 0) is 0 Å². The SMILES string of the molecule is Cc1[nH]c(C(=O)O)c(C)c1-c1nc2cc(Oc3ccccc3)ccc2[nH]1. The van der Waals surface area contributed by atoms with Crippen molar-refractivity contribution < 1.29 is 14.6 Å². The number of aromatic nitrogens is 3. The molecule has 0 atom stereocenters. The molecule has 0 saturated carbocycles. The molecule has 0 amide bonds. The van der Waals surface area contributed by atoms with E-state index in [1.807, 2.05) is 55.5 Å². The molecule has 0 bridgehead atoms. The second-order valence-electron chi connectivity index (χ2n) is 6.11. The van der Waals surface area contributed by atoms with Crippen LogP contribution >= 0.6 is 0 Å². The molecule has 26 heavy (non-hydrogen) atoms. The molecule has 0 aliphatic carbocycles. The number of nitrogens with zero attached hydrogens (tertiary/aromatic N) is 1. The van der Waals surface area contributed by atoms with Gasteiger partial charge in [0.15, 0.2) is 0 Å². The summed E-state index contributed by atoms with van der Waals surface area (Å²) in [4.78, 5) is 22.1. The fourth-order valence-corrected chi connectivity index (χ4v) is 3.11. The number of ether oxygens (including phenoxy) is 1. The molecule has 130 valence electrons. The van der Waals surface area contributed by atoms with E-state index in [2.05, 4.69) is 15.0 Å². The predicted molar refractivity (Wildman–Crippen MR) is 98.8 cm³/mol. The summed E-state index contributed by atoms with van der Waals surface area (Å²) in [5, 5.41) is 9.29. The van der Waals surface area contributed by atoms with Crippen molar-refractivity contribution in [3.8, 4) is 22.9 Å². The fraction of sp³-hybridized carbons (Fsp3) is 0.100. The number of rotatable bonds is 4. The highest BCUT2D eigenvalue weighted by Gasteiger charge is 2.20. The lowest BCUT2D eigenvalue weighted by atomic mass is 10.1. The lowest BCUT2D eigenvalue weighted by Crippen LogP contribution is -1.98. The molecule has 0 spiro atoms. The Bertz CT molecular complexity index is 1110. The van der Waals surface area contributed by atoms with Crippen LogP contribution in [0, 0.1) is 13.8 Å². The van der Waals surface area contributed by atoms with E-state index in [1.54, 1.807) is 6.92 Å². The molecule has 6 nitrogen and oxygen atoms in total. The van der Waals surface area contributed by atoms with Crippen LogP contribution in [0.1, 0.15) is 21.7 Å². The van der Waals surface area contributed by atoms with Crippen molar-refractivity contribution in [2.45, 2.75) is 13.8 Å². The van der Waals surface area contributed by atoms with Gasteiger partial charge >= 0.3 is 5.97 Å². The first kappa shape index (κ1) is 16.0. The highest BCUT2D eigenvalue weighted by Crippen LogP contribution is 2.31. The van der Waals surface area contributed by atoms with Gasteiger partial charge < -0.3 is 19.8 Å². The second-order valence-corrected chi connectivity index (χ2v) is 6.11. The Balaban J connectivity index is 1.74. The van der Waals surface area contributed by atoms with Gasteiger partial charge in [0, 0.05) is 17.3 Å². The number of hydrogen-bond acceptors (Lipinski definition) is 3. The maximum Gasteiger partial charge on any atom is 0.352 e. The number of aryl methyl sites for hydroxylation is 1. The molecule has 0 unspecified atom stereocenters. The molecule has 6 heteroatoms. The molecular weight excluding hydrogens is 330 g/mol. The predicted octanol–water partition coefficient (Wildman–Crippen LogP) is 4.67. The van der Waals surface area contributed by atoms with Gasteiger partial charge in [0.2, 0.25) is 0 Å². The van der Waals surface area contributed by atoms with E-state index < -0.39 is 5.97 Å². The molecule has 3 N–H and O–H groups in total. The van der Waals surface area contributed by atoms with Crippen molar-refractivity contribution >= 4 is 17.0 Å². The first-order chi connectivity index (χ1) is 12.5. The number of imidazole rings is 1. The number of carbonyl (C=O) groups is 1. The minimum Gasteiger partial charge on any atom is -0.477 e. The molecule has 0 aliphatic rings. The molecule has 4 rings (SSSR count). The fourth-order valence-electron chi connectivity index (χ4n) is 3.11. The zero-order chi connectivity index (χ0) is 18.3. The molecular formula is C20H17N3O3. The Kier molecular flexibility index (Phi) is 3.73. The van der Waals surface area contributed by atoms with Gasteiger partial charge in [-0.2, -0.15) is 0 Å². The van der Waals surface area contributed by atoms with Crippen LogP contribution in [0.25, 0.3) is 22.4 Å². The molecule has 0 saturated heterocycles. The van der Waals surface area contributed by atoms with Gasteiger partial charge in [-0.15, -0.1) is 0 Å². The Morgan fingerprint density at radius 3 is 2.50 bits per heavy atom. The van der Waals surface area contributed by atoms with Gasteiger partial charge in [-0.05, 0) is 43.7 Å². The lowest BCUT2D eigenvalue weighted by molar-refractivity contribution is 0.0690. The maximum atomic E-state index is 11.3. The summed E-state index contributed by atoms with van der Waals surface area (Å²) in [7, 11) is 0. The highest BCUT2D eigenvalue weighted by molar-refractivity contribution is 5.91. The Morgan fingerprint density at radius 1 is 1.04 bits per heavy atom. The third-order valence-corrected chi connectivity index (χ3v) is 4.32. The number of carboxylic acids is 1. The van der Waals surface area contributed by atoms with Crippen LogP contribution in [-0.4, -0.2) is 26.0 Å². The molecule has 4 aromatic rings. The number of H-pyrrole nitrogens is 2. The van der Waals surface area contributed by atoms with Crippen LogP contribution in [0.3, 0.4) is 0 Å². The first-order valence-corrected chi connectivity index (χ1v) is 8.18. The molecule has 0 radical (unpaired) electrons. The van der Waals surface area contributed by atoms with E-state index in [1.165, 1.54) is 0 Å². The summed E-state index contributed by atoms with van der Waals surface area (Å²) in [5.41, 5.74) is 4.01. The minimum absolute atomic E-state index is 0.186. The van der Waals surface area contributed by atoms with Gasteiger partial charge in [-0.25, -0.2) is 9.78 Å². The quantitative estimate of drug-likeness (QED) is 0.500. The Hall–Kier alpha value is -3.54. The Morgan fingerprint density at radius 2 is 1.81 bits per heavy atom. The number of hydrogen-bond donors (Lipinski definition) is 3. The van der Waals surface area contributed by atoms with Crippen molar-refractivity contribution in [2.24, 2.45) is 0 Å². The van der Waals surface area contributed by atoms with E-state index in [0.29, 0.717) is 17.1 Å². The third kappa shape index (κ3) is 2.71. The number of para-hydroxylation sites is 1. The van der Waals surface area contributed by atoms with Gasteiger partial charge in [-0.3, -0.25) is 0 Å². The van der Waals surface area contributed by atoms with Gasteiger partial charge in [0.1, 0.15) is 23.0 Å². The zero-order valence-corrected chi connectivity index (χ0v) is 14.3. The van der Waals surface area contributed by atoms with E-state index in [-0.39, 0.29) is 5.69 Å². The van der Waals surface area contributed by atoms with Crippen molar-refractivity contribution in [1.29, 1.82) is 0 Å². The average Bonchev–Trinajstić information content (AvgIpc) is 3.15. The topological polar surface area (TPSA) is 91.0 Å². The number of fused-ring (bicyclic) bond motifs is 1. The maximum absolute atomic E-state index is 11.3. The van der Waals surface area contributed by atoms with Crippen LogP contribution < -0.4 is 4.74 Å². The molecule has 0 aliphatic heterocycles. The van der Waals surface area contributed by atoms with Gasteiger partial charge in [0.25, 0.3) is 0 Å². The smallest absolute Gasteiger partial charge is 0.352 e. The van der Waals surface area contributed by atoms with Crippen molar-refractivity contribution in [2.75, 3.05) is 0 Å². The monoisotopic (exact) mass is 347 g/mol. The average molecular weight is 347 g/mol. The number of aromatic amines is 2. The number of aromatic carboxylic acids is 1. The van der Waals surface area contributed by atoms with Crippen LogP contribution in [0.15, 0.2) is 48.5 Å². The Labute approximate surface area is 149 Å².